The molecule has 1 aliphatic carbocycles. The van der Waals surface area contributed by atoms with Gasteiger partial charge in [-0.15, -0.1) is 0 Å². The molecule has 318 valence electrons. The monoisotopic (exact) mass is 802 g/mol. The Kier molecular flexibility index (Phi) is 29.4. The molecule has 8 atom stereocenters. The number of carbonyl (C=O) groups is 2. The highest BCUT2D eigenvalue weighted by Gasteiger charge is 2.51. The van der Waals surface area contributed by atoms with Gasteiger partial charge in [0.05, 0.1) is 6.61 Å². The average molecular weight is 803 g/mol. The number of aliphatic hydroxyl groups is 5. The van der Waals surface area contributed by atoms with E-state index in [0.29, 0.717) is 12.8 Å². The number of rotatable bonds is 32. The van der Waals surface area contributed by atoms with Crippen LogP contribution in [-0.4, -0.2) is 98.3 Å². The van der Waals surface area contributed by atoms with Crippen molar-refractivity contribution >= 4 is 19.8 Å². The van der Waals surface area contributed by atoms with Gasteiger partial charge in [0.1, 0.15) is 43.2 Å². The Morgan fingerprint density at radius 1 is 0.582 bits per heavy atom. The van der Waals surface area contributed by atoms with Gasteiger partial charge in [0, 0.05) is 12.8 Å². The van der Waals surface area contributed by atoms with Crippen molar-refractivity contribution in [3.63, 3.8) is 0 Å². The lowest BCUT2D eigenvalue weighted by atomic mass is 9.85. The van der Waals surface area contributed by atoms with Crippen molar-refractivity contribution in [3.8, 4) is 0 Å². The van der Waals surface area contributed by atoms with Gasteiger partial charge in [-0.3, -0.25) is 18.6 Å². The standard InChI is InChI=1S/C41H71O13P/c1-3-5-7-9-11-13-15-16-17-18-20-22-24-26-28-30-35(43)53-33(31-51-34(42)29-27-25-23-21-19-14-12-10-8-6-4-2)32-52-55(49,50)54-41-39(47)37(45)36(44)38(46)40(41)48/h5,7,11,13,16-17,20,22,33,36-41,44-48H,3-4,6,8-10,12,14-15,18-19,21,23-32H2,1-2H3,(H,49,50)/b7-5+,13-11+,17-16+,22-20+/t33-,36?,37-,38?,39?,40?,41?/m1/s1. The molecule has 14 heteroatoms. The van der Waals surface area contributed by atoms with Crippen molar-refractivity contribution in [2.75, 3.05) is 13.2 Å². The average Bonchev–Trinajstić information content (AvgIpc) is 3.16. The molecular weight excluding hydrogens is 731 g/mol. The fourth-order valence-electron chi connectivity index (χ4n) is 5.86. The van der Waals surface area contributed by atoms with Crippen molar-refractivity contribution in [2.45, 2.75) is 185 Å². The summed E-state index contributed by atoms with van der Waals surface area (Å²) in [5, 5.41) is 50.0. The van der Waals surface area contributed by atoms with E-state index in [1.54, 1.807) is 0 Å². The van der Waals surface area contributed by atoms with Gasteiger partial charge in [-0.25, -0.2) is 4.57 Å². The van der Waals surface area contributed by atoms with Crippen LogP contribution in [0.4, 0.5) is 0 Å². The van der Waals surface area contributed by atoms with Crippen LogP contribution in [0.15, 0.2) is 48.6 Å². The Balaban J connectivity index is 2.56. The Hall–Kier alpha value is -2.19. The molecule has 0 bridgehead atoms. The third-order valence-electron chi connectivity index (χ3n) is 9.18. The third-order valence-corrected chi connectivity index (χ3v) is 10.2. The van der Waals surface area contributed by atoms with E-state index in [1.165, 1.54) is 44.9 Å². The van der Waals surface area contributed by atoms with Gasteiger partial charge in [-0.2, -0.15) is 0 Å². The molecule has 0 heterocycles. The summed E-state index contributed by atoms with van der Waals surface area (Å²) in [5.74, 6) is -1.15. The highest BCUT2D eigenvalue weighted by molar-refractivity contribution is 7.47. The first-order valence-electron chi connectivity index (χ1n) is 20.4. The lowest BCUT2D eigenvalue weighted by Gasteiger charge is -2.41. The minimum absolute atomic E-state index is 0.0442. The molecule has 0 radical (unpaired) electrons. The molecule has 13 nitrogen and oxygen atoms in total. The number of hydrogen-bond acceptors (Lipinski definition) is 12. The van der Waals surface area contributed by atoms with Gasteiger partial charge >= 0.3 is 19.8 Å². The topological polar surface area (TPSA) is 210 Å². The fraction of sp³-hybridized carbons (Fsp3) is 0.756. The normalized spacial score (nSPS) is 23.6. The van der Waals surface area contributed by atoms with Crippen LogP contribution in [0.2, 0.25) is 0 Å². The van der Waals surface area contributed by atoms with Crippen molar-refractivity contribution < 1.29 is 63.1 Å². The summed E-state index contributed by atoms with van der Waals surface area (Å²) in [5.41, 5.74) is 0. The van der Waals surface area contributed by atoms with E-state index in [-0.39, 0.29) is 12.8 Å². The van der Waals surface area contributed by atoms with Crippen LogP contribution in [-0.2, 0) is 32.7 Å². The fourth-order valence-corrected chi connectivity index (χ4v) is 6.84. The number of aliphatic hydroxyl groups excluding tert-OH is 5. The first-order chi connectivity index (χ1) is 26.4. The van der Waals surface area contributed by atoms with Crippen LogP contribution in [0.25, 0.3) is 0 Å². The Morgan fingerprint density at radius 3 is 1.58 bits per heavy atom. The number of phosphoric ester groups is 1. The first kappa shape index (κ1) is 50.8. The number of unbranched alkanes of at least 4 members (excludes halogenated alkanes) is 12. The van der Waals surface area contributed by atoms with Crippen LogP contribution in [0.5, 0.6) is 0 Å². The molecular formula is C41H71O13P. The molecule has 1 aliphatic rings. The van der Waals surface area contributed by atoms with Crippen molar-refractivity contribution in [1.29, 1.82) is 0 Å². The van der Waals surface area contributed by atoms with E-state index >= 15 is 0 Å². The van der Waals surface area contributed by atoms with E-state index < -0.39 is 75.7 Å². The zero-order valence-electron chi connectivity index (χ0n) is 33.2. The van der Waals surface area contributed by atoms with Crippen molar-refractivity contribution in [1.82, 2.24) is 0 Å². The Morgan fingerprint density at radius 2 is 1.04 bits per heavy atom. The number of hydrogen-bond donors (Lipinski definition) is 6. The summed E-state index contributed by atoms with van der Waals surface area (Å²) < 4.78 is 33.3. The first-order valence-corrected chi connectivity index (χ1v) is 21.9. The SMILES string of the molecule is CC/C=C/C/C=C/C/C=C/C/C=C/CCCCC(=O)O[C@H](COC(=O)CCCCCCCCCCCCC)COP(=O)(O)OC1C(O)C(O)C(O)[C@@H](O)C1O. The number of phosphoric acid groups is 1. The lowest BCUT2D eigenvalue weighted by molar-refractivity contribution is -0.220. The van der Waals surface area contributed by atoms with Crippen LogP contribution >= 0.6 is 7.82 Å². The molecule has 0 aromatic carbocycles. The van der Waals surface area contributed by atoms with Gasteiger partial charge < -0.3 is 39.9 Å². The van der Waals surface area contributed by atoms with E-state index in [0.717, 1.165) is 57.8 Å². The minimum Gasteiger partial charge on any atom is -0.462 e. The maximum atomic E-state index is 12.8. The zero-order valence-corrected chi connectivity index (χ0v) is 34.1. The number of esters is 2. The molecule has 0 aromatic rings. The summed E-state index contributed by atoms with van der Waals surface area (Å²) >= 11 is 0. The molecule has 0 amide bonds. The molecule has 55 heavy (non-hydrogen) atoms. The highest BCUT2D eigenvalue weighted by atomic mass is 31.2. The second-order valence-electron chi connectivity index (χ2n) is 14.1. The number of carbonyl (C=O) groups excluding carboxylic acids is 2. The predicted octanol–water partition coefficient (Wildman–Crippen LogP) is 6.83. The lowest BCUT2D eigenvalue weighted by Crippen LogP contribution is -2.64. The van der Waals surface area contributed by atoms with Crippen molar-refractivity contribution in [2.24, 2.45) is 0 Å². The van der Waals surface area contributed by atoms with Gasteiger partial charge in [0.15, 0.2) is 6.10 Å². The largest absolute Gasteiger partial charge is 0.472 e. The van der Waals surface area contributed by atoms with Crippen LogP contribution in [0, 0.1) is 0 Å². The second kappa shape index (κ2) is 31.8. The quantitative estimate of drug-likeness (QED) is 0.0179. The summed E-state index contributed by atoms with van der Waals surface area (Å²) in [7, 11) is -5.12. The molecule has 0 saturated heterocycles. The van der Waals surface area contributed by atoms with Crippen LogP contribution < -0.4 is 0 Å². The Labute approximate surface area is 329 Å². The molecule has 1 saturated carbocycles. The number of allylic oxidation sites excluding steroid dienone is 8. The molecule has 1 fully saturated rings. The van der Waals surface area contributed by atoms with E-state index in [1.807, 2.05) is 6.08 Å². The predicted molar refractivity (Wildman–Crippen MR) is 212 cm³/mol. The molecule has 0 spiro atoms. The van der Waals surface area contributed by atoms with Gasteiger partial charge in [0.25, 0.3) is 0 Å². The molecule has 1 rings (SSSR count). The van der Waals surface area contributed by atoms with Gasteiger partial charge in [0.2, 0.25) is 0 Å². The minimum atomic E-state index is -5.12. The second-order valence-corrected chi connectivity index (χ2v) is 15.5. The third kappa shape index (κ3) is 24.9. The van der Waals surface area contributed by atoms with Gasteiger partial charge in [-0.1, -0.05) is 127 Å². The molecule has 6 N–H and O–H groups in total. The zero-order chi connectivity index (χ0) is 40.7. The highest BCUT2D eigenvalue weighted by Crippen LogP contribution is 2.47. The smallest absolute Gasteiger partial charge is 0.462 e. The number of ether oxygens (including phenoxy) is 2. The maximum absolute atomic E-state index is 12.8. The van der Waals surface area contributed by atoms with E-state index in [4.69, 9.17) is 18.5 Å². The van der Waals surface area contributed by atoms with Crippen LogP contribution in [0.1, 0.15) is 142 Å². The van der Waals surface area contributed by atoms with E-state index in [2.05, 4.69) is 56.4 Å². The molecule has 6 unspecified atom stereocenters. The van der Waals surface area contributed by atoms with E-state index in [9.17, 15) is 44.6 Å². The summed E-state index contributed by atoms with van der Waals surface area (Å²) in [6.07, 6.45) is 21.9. The molecule has 0 aromatic heterocycles. The van der Waals surface area contributed by atoms with Crippen molar-refractivity contribution in [3.05, 3.63) is 48.6 Å². The van der Waals surface area contributed by atoms with Gasteiger partial charge in [-0.05, 0) is 51.4 Å². The maximum Gasteiger partial charge on any atom is 0.472 e. The molecule has 0 aliphatic heterocycles. The summed E-state index contributed by atoms with van der Waals surface area (Å²) in [6.45, 7) is 3.11. The summed E-state index contributed by atoms with van der Waals surface area (Å²) in [6, 6.07) is 0. The summed E-state index contributed by atoms with van der Waals surface area (Å²) in [4.78, 5) is 35.5. The van der Waals surface area contributed by atoms with Crippen LogP contribution in [0.3, 0.4) is 0 Å². The Bertz CT molecular complexity index is 1160.